The summed E-state index contributed by atoms with van der Waals surface area (Å²) in [5.74, 6) is 0.869. The van der Waals surface area contributed by atoms with Crippen molar-refractivity contribution < 1.29 is 14.3 Å². The predicted molar refractivity (Wildman–Crippen MR) is 107 cm³/mol. The Bertz CT molecular complexity index is 798. The van der Waals surface area contributed by atoms with Gasteiger partial charge in [-0.25, -0.2) is 0 Å². The first-order valence-electron chi connectivity index (χ1n) is 9.10. The number of hydrogen-bond acceptors (Lipinski definition) is 3. The van der Waals surface area contributed by atoms with Crippen molar-refractivity contribution >= 4 is 11.8 Å². The molecular weight excluding hydrogens is 340 g/mol. The van der Waals surface area contributed by atoms with Crippen molar-refractivity contribution in [2.75, 3.05) is 20.7 Å². The van der Waals surface area contributed by atoms with Crippen LogP contribution < -0.4 is 10.1 Å². The van der Waals surface area contributed by atoms with Gasteiger partial charge in [-0.1, -0.05) is 38.1 Å². The molecule has 5 nitrogen and oxygen atoms in total. The molecule has 0 saturated heterocycles. The first kappa shape index (κ1) is 20.5. The van der Waals surface area contributed by atoms with E-state index in [0.717, 1.165) is 22.4 Å². The molecule has 2 aromatic carbocycles. The highest BCUT2D eigenvalue weighted by Gasteiger charge is 2.14. The van der Waals surface area contributed by atoms with Gasteiger partial charge in [0, 0.05) is 26.2 Å². The highest BCUT2D eigenvalue weighted by Crippen LogP contribution is 2.27. The Kier molecular flexibility index (Phi) is 6.99. The van der Waals surface area contributed by atoms with E-state index in [4.69, 9.17) is 4.74 Å². The molecule has 2 amide bonds. The fraction of sp³-hybridized carbons (Fsp3) is 0.364. The van der Waals surface area contributed by atoms with Crippen LogP contribution in [0.3, 0.4) is 0 Å². The second kappa shape index (κ2) is 9.21. The second-order valence-electron chi connectivity index (χ2n) is 7.01. The van der Waals surface area contributed by atoms with Crippen molar-refractivity contribution in [3.8, 4) is 5.75 Å². The van der Waals surface area contributed by atoms with Crippen LogP contribution in [0.2, 0.25) is 0 Å². The summed E-state index contributed by atoms with van der Waals surface area (Å²) in [4.78, 5) is 25.7. The summed E-state index contributed by atoms with van der Waals surface area (Å²) >= 11 is 0. The number of nitrogens with one attached hydrogen (secondary N) is 1. The van der Waals surface area contributed by atoms with E-state index < -0.39 is 0 Å². The number of rotatable bonds is 7. The maximum Gasteiger partial charge on any atom is 0.260 e. The number of amides is 2. The molecule has 0 aromatic heterocycles. The highest BCUT2D eigenvalue weighted by atomic mass is 16.5. The van der Waals surface area contributed by atoms with Gasteiger partial charge in [-0.05, 0) is 47.7 Å². The Morgan fingerprint density at radius 1 is 1.11 bits per heavy atom. The van der Waals surface area contributed by atoms with E-state index in [-0.39, 0.29) is 18.4 Å². The van der Waals surface area contributed by atoms with E-state index in [2.05, 4.69) is 31.3 Å². The fourth-order valence-electron chi connectivity index (χ4n) is 2.76. The average molecular weight is 368 g/mol. The summed E-state index contributed by atoms with van der Waals surface area (Å²) in [5.41, 5.74) is 3.75. The van der Waals surface area contributed by atoms with Gasteiger partial charge in [0.1, 0.15) is 5.75 Å². The first-order chi connectivity index (χ1) is 12.8. The minimum atomic E-state index is -0.126. The summed E-state index contributed by atoms with van der Waals surface area (Å²) in [6.45, 7) is 6.67. The second-order valence-corrected chi connectivity index (χ2v) is 7.01. The van der Waals surface area contributed by atoms with Crippen molar-refractivity contribution in [1.82, 2.24) is 10.2 Å². The third-order valence-electron chi connectivity index (χ3n) is 4.43. The Morgan fingerprint density at radius 3 is 2.37 bits per heavy atom. The van der Waals surface area contributed by atoms with Crippen molar-refractivity contribution in [3.05, 3.63) is 64.7 Å². The molecule has 27 heavy (non-hydrogen) atoms. The molecule has 0 heterocycles. The number of carbonyl (C=O) groups excluding carboxylic acids is 2. The van der Waals surface area contributed by atoms with Crippen molar-refractivity contribution in [2.24, 2.45) is 0 Å². The Hall–Kier alpha value is -2.82. The average Bonchev–Trinajstić information content (AvgIpc) is 2.65. The number of aryl methyl sites for hydroxylation is 1. The third kappa shape index (κ3) is 5.58. The SMILES string of the molecule is CNC(=O)c1ccc(CN(C)C(=O)COc2cc(C)ccc2C(C)C)cc1. The molecule has 2 aromatic rings. The number of nitrogens with zero attached hydrogens (tertiary/aromatic N) is 1. The lowest BCUT2D eigenvalue weighted by Gasteiger charge is -2.19. The van der Waals surface area contributed by atoms with E-state index in [1.807, 2.05) is 25.1 Å². The number of hydrogen-bond donors (Lipinski definition) is 1. The minimum Gasteiger partial charge on any atom is -0.483 e. The molecule has 2 rings (SSSR count). The number of likely N-dealkylation sites (N-methyl/N-ethyl adjacent to an activating group) is 1. The number of ether oxygens (including phenoxy) is 1. The quantitative estimate of drug-likeness (QED) is 0.813. The van der Waals surface area contributed by atoms with Gasteiger partial charge in [0.05, 0.1) is 0 Å². The third-order valence-corrected chi connectivity index (χ3v) is 4.43. The van der Waals surface area contributed by atoms with Crippen molar-refractivity contribution in [3.63, 3.8) is 0 Å². The zero-order chi connectivity index (χ0) is 20.0. The summed E-state index contributed by atoms with van der Waals surface area (Å²) in [6, 6.07) is 13.3. The maximum atomic E-state index is 12.4. The lowest BCUT2D eigenvalue weighted by Crippen LogP contribution is -2.31. The maximum absolute atomic E-state index is 12.4. The molecule has 144 valence electrons. The molecule has 0 radical (unpaired) electrons. The van der Waals surface area contributed by atoms with Gasteiger partial charge in [0.2, 0.25) is 0 Å². The van der Waals surface area contributed by atoms with Crippen LogP contribution in [0, 0.1) is 6.92 Å². The smallest absolute Gasteiger partial charge is 0.260 e. The van der Waals surface area contributed by atoms with Gasteiger partial charge in [0.15, 0.2) is 6.61 Å². The van der Waals surface area contributed by atoms with Crippen LogP contribution in [0.25, 0.3) is 0 Å². The van der Waals surface area contributed by atoms with Crippen LogP contribution in [0.15, 0.2) is 42.5 Å². The van der Waals surface area contributed by atoms with E-state index in [0.29, 0.717) is 18.0 Å². The standard InChI is InChI=1S/C22H28N2O3/c1-15(2)19-11-6-16(3)12-20(19)27-14-21(25)24(5)13-17-7-9-18(10-8-17)22(26)23-4/h6-12,15H,13-14H2,1-5H3,(H,23,26). The van der Waals surface area contributed by atoms with Crippen molar-refractivity contribution in [1.29, 1.82) is 0 Å². The minimum absolute atomic E-state index is 0.00397. The lowest BCUT2D eigenvalue weighted by atomic mass is 10.0. The number of carbonyl (C=O) groups is 2. The molecule has 0 atom stereocenters. The molecule has 0 aliphatic heterocycles. The lowest BCUT2D eigenvalue weighted by molar-refractivity contribution is -0.132. The molecule has 0 spiro atoms. The molecule has 5 heteroatoms. The molecular formula is C22H28N2O3. The van der Waals surface area contributed by atoms with Crippen LogP contribution in [0.1, 0.15) is 46.8 Å². The molecule has 0 bridgehead atoms. The Labute approximate surface area is 161 Å². The predicted octanol–water partition coefficient (Wildman–Crippen LogP) is 3.52. The van der Waals surface area contributed by atoms with Crippen LogP contribution in [-0.2, 0) is 11.3 Å². The molecule has 1 N–H and O–H groups in total. The van der Waals surface area contributed by atoms with Gasteiger partial charge < -0.3 is 15.0 Å². The topological polar surface area (TPSA) is 58.6 Å². The first-order valence-corrected chi connectivity index (χ1v) is 9.10. The summed E-state index contributed by atoms with van der Waals surface area (Å²) in [5, 5.41) is 2.59. The van der Waals surface area contributed by atoms with E-state index in [1.54, 1.807) is 31.1 Å². The molecule has 0 aliphatic rings. The van der Waals surface area contributed by atoms with Gasteiger partial charge in [0.25, 0.3) is 11.8 Å². The van der Waals surface area contributed by atoms with Gasteiger partial charge in [-0.15, -0.1) is 0 Å². The van der Waals surface area contributed by atoms with Crippen LogP contribution in [0.5, 0.6) is 5.75 Å². The number of benzene rings is 2. The largest absolute Gasteiger partial charge is 0.483 e. The fourth-order valence-corrected chi connectivity index (χ4v) is 2.76. The van der Waals surface area contributed by atoms with E-state index in [9.17, 15) is 9.59 Å². The molecule has 0 fully saturated rings. The van der Waals surface area contributed by atoms with E-state index in [1.165, 1.54) is 0 Å². The highest BCUT2D eigenvalue weighted by molar-refractivity contribution is 5.93. The zero-order valence-electron chi connectivity index (χ0n) is 16.7. The molecule has 0 saturated carbocycles. The van der Waals surface area contributed by atoms with Gasteiger partial charge in [-0.2, -0.15) is 0 Å². The van der Waals surface area contributed by atoms with Crippen LogP contribution in [0.4, 0.5) is 0 Å². The van der Waals surface area contributed by atoms with Crippen molar-refractivity contribution in [2.45, 2.75) is 33.2 Å². The van der Waals surface area contributed by atoms with Gasteiger partial charge in [-0.3, -0.25) is 9.59 Å². The normalized spacial score (nSPS) is 10.6. The summed E-state index contributed by atoms with van der Waals surface area (Å²) in [7, 11) is 3.35. The zero-order valence-corrected chi connectivity index (χ0v) is 16.7. The Balaban J connectivity index is 1.96. The monoisotopic (exact) mass is 368 g/mol. The van der Waals surface area contributed by atoms with Gasteiger partial charge >= 0.3 is 0 Å². The van der Waals surface area contributed by atoms with E-state index >= 15 is 0 Å². The van der Waals surface area contributed by atoms with Crippen LogP contribution in [-0.4, -0.2) is 37.4 Å². The summed E-state index contributed by atoms with van der Waals surface area (Å²) in [6.07, 6.45) is 0. The van der Waals surface area contributed by atoms with Crippen LogP contribution >= 0.6 is 0 Å². The molecule has 0 unspecified atom stereocenters. The Morgan fingerprint density at radius 2 is 1.78 bits per heavy atom. The molecule has 0 aliphatic carbocycles. The summed E-state index contributed by atoms with van der Waals surface area (Å²) < 4.78 is 5.82.